The van der Waals surface area contributed by atoms with Crippen molar-refractivity contribution >= 4 is 35.4 Å². The third kappa shape index (κ3) is 2.75. The van der Waals surface area contributed by atoms with Gasteiger partial charge in [0, 0.05) is 30.7 Å². The number of hydrogen-bond acceptors (Lipinski definition) is 3. The lowest BCUT2D eigenvalue weighted by molar-refractivity contribution is 0.101. The zero-order chi connectivity index (χ0) is 10.8. The van der Waals surface area contributed by atoms with Gasteiger partial charge in [-0.2, -0.15) is 0 Å². The van der Waals surface area contributed by atoms with Gasteiger partial charge in [-0.25, -0.2) is 0 Å². The number of anilines is 1. The molecule has 0 saturated carbocycles. The molecule has 0 aliphatic carbocycles. The maximum absolute atomic E-state index is 11.1. The number of carbonyl (C=O) groups is 1. The number of halogens is 1. The minimum Gasteiger partial charge on any atom is -0.361 e. The summed E-state index contributed by atoms with van der Waals surface area (Å²) >= 11 is 0. The highest BCUT2D eigenvalue weighted by atomic mass is 127. The molecule has 2 rings (SSSR count). The molecule has 16 heavy (non-hydrogen) atoms. The lowest BCUT2D eigenvalue weighted by atomic mass is 10.1. The molecule has 1 aliphatic heterocycles. The number of hydrogen-bond donors (Lipinski definition) is 0. The molecule has 1 aliphatic rings. The Balaban J connectivity index is 0.00000128. The molecule has 0 atom stereocenters. The van der Waals surface area contributed by atoms with Gasteiger partial charge in [-0.15, -0.1) is 24.0 Å². The Hall–Kier alpha value is -1.04. The maximum atomic E-state index is 11.1. The summed E-state index contributed by atoms with van der Waals surface area (Å²) in [4.78, 5) is 15.3. The minimum absolute atomic E-state index is 0. The summed E-state index contributed by atoms with van der Waals surface area (Å²) in [5.41, 5.74) is 1.87. The van der Waals surface area contributed by atoms with E-state index in [4.69, 9.17) is 0 Å². The molecular formula is C12H15IN2O. The van der Waals surface area contributed by atoms with Crippen LogP contribution in [0.3, 0.4) is 0 Å². The molecular weight excluding hydrogens is 315 g/mol. The average molecular weight is 330 g/mol. The molecule has 86 valence electrons. The summed E-state index contributed by atoms with van der Waals surface area (Å²) in [7, 11) is 2.03. The van der Waals surface area contributed by atoms with E-state index in [1.807, 2.05) is 43.7 Å². The highest BCUT2D eigenvalue weighted by Gasteiger charge is 2.10. The van der Waals surface area contributed by atoms with Crippen molar-refractivity contribution in [1.82, 2.24) is 4.90 Å². The van der Waals surface area contributed by atoms with Crippen LogP contribution in [0.5, 0.6) is 0 Å². The van der Waals surface area contributed by atoms with E-state index in [0.29, 0.717) is 0 Å². The SMILES string of the molecule is CC(=O)c1ccc(N2C=CN(C)C2)cc1.I. The van der Waals surface area contributed by atoms with E-state index in [1.165, 1.54) is 0 Å². The standard InChI is InChI=1S/C12H14N2O.HI/c1-10(15)11-3-5-12(6-4-11)14-8-7-13(2)9-14;/h3-8H,9H2,1-2H3;1H. The van der Waals surface area contributed by atoms with E-state index in [0.717, 1.165) is 17.9 Å². The van der Waals surface area contributed by atoms with Gasteiger partial charge in [-0.3, -0.25) is 4.79 Å². The largest absolute Gasteiger partial charge is 0.361 e. The highest BCUT2D eigenvalue weighted by Crippen LogP contribution is 2.19. The molecule has 0 saturated heterocycles. The van der Waals surface area contributed by atoms with Crippen molar-refractivity contribution in [1.29, 1.82) is 0 Å². The molecule has 0 aromatic heterocycles. The van der Waals surface area contributed by atoms with E-state index in [2.05, 4.69) is 9.80 Å². The van der Waals surface area contributed by atoms with Crippen LogP contribution in [0.2, 0.25) is 0 Å². The molecule has 4 heteroatoms. The molecule has 0 amide bonds. The van der Waals surface area contributed by atoms with E-state index in [1.54, 1.807) is 6.92 Å². The van der Waals surface area contributed by atoms with Gasteiger partial charge < -0.3 is 9.80 Å². The summed E-state index contributed by atoms with van der Waals surface area (Å²) in [5, 5.41) is 0. The molecule has 0 N–H and O–H groups in total. The van der Waals surface area contributed by atoms with Crippen molar-refractivity contribution in [2.45, 2.75) is 6.92 Å². The number of rotatable bonds is 2. The average Bonchev–Trinajstić information content (AvgIpc) is 2.65. The van der Waals surface area contributed by atoms with Crippen LogP contribution >= 0.6 is 24.0 Å². The van der Waals surface area contributed by atoms with Crippen molar-refractivity contribution in [3.8, 4) is 0 Å². The van der Waals surface area contributed by atoms with Gasteiger partial charge >= 0.3 is 0 Å². The first-order chi connectivity index (χ1) is 7.16. The van der Waals surface area contributed by atoms with E-state index in [-0.39, 0.29) is 29.8 Å². The van der Waals surface area contributed by atoms with Crippen LogP contribution in [0, 0.1) is 0 Å². The first-order valence-corrected chi connectivity index (χ1v) is 4.93. The maximum Gasteiger partial charge on any atom is 0.159 e. The van der Waals surface area contributed by atoms with Gasteiger partial charge in [-0.1, -0.05) is 0 Å². The van der Waals surface area contributed by atoms with E-state index >= 15 is 0 Å². The van der Waals surface area contributed by atoms with Crippen LogP contribution in [-0.2, 0) is 0 Å². The summed E-state index contributed by atoms with van der Waals surface area (Å²) in [6, 6.07) is 7.67. The molecule has 0 unspecified atom stereocenters. The third-order valence-electron chi connectivity index (χ3n) is 2.48. The van der Waals surface area contributed by atoms with Crippen LogP contribution in [0.1, 0.15) is 17.3 Å². The topological polar surface area (TPSA) is 23.6 Å². The van der Waals surface area contributed by atoms with Gasteiger partial charge in [0.2, 0.25) is 0 Å². The predicted molar refractivity (Wildman–Crippen MR) is 76.1 cm³/mol. The Morgan fingerprint density at radius 2 is 1.81 bits per heavy atom. The van der Waals surface area contributed by atoms with Crippen LogP contribution in [0.4, 0.5) is 5.69 Å². The second kappa shape index (κ2) is 5.34. The van der Waals surface area contributed by atoms with Crippen LogP contribution < -0.4 is 4.90 Å². The first kappa shape index (κ1) is 13.0. The van der Waals surface area contributed by atoms with E-state index in [9.17, 15) is 4.79 Å². The number of benzene rings is 1. The molecule has 3 nitrogen and oxygen atoms in total. The number of carbonyl (C=O) groups excluding carboxylic acids is 1. The van der Waals surface area contributed by atoms with Crippen molar-refractivity contribution < 1.29 is 4.79 Å². The molecule has 0 spiro atoms. The van der Waals surface area contributed by atoms with Gasteiger partial charge in [0.25, 0.3) is 0 Å². The van der Waals surface area contributed by atoms with Crippen molar-refractivity contribution in [2.24, 2.45) is 0 Å². The van der Waals surface area contributed by atoms with Crippen LogP contribution in [0.15, 0.2) is 36.7 Å². The van der Waals surface area contributed by atoms with Crippen LogP contribution in [0.25, 0.3) is 0 Å². The summed E-state index contributed by atoms with van der Waals surface area (Å²) in [6.07, 6.45) is 4.06. The Morgan fingerprint density at radius 1 is 1.19 bits per heavy atom. The fourth-order valence-electron chi connectivity index (χ4n) is 1.58. The normalized spacial score (nSPS) is 13.9. The Labute approximate surface area is 113 Å². The summed E-state index contributed by atoms with van der Waals surface area (Å²) < 4.78 is 0. The molecule has 0 radical (unpaired) electrons. The number of nitrogens with zero attached hydrogens (tertiary/aromatic N) is 2. The predicted octanol–water partition coefficient (Wildman–Crippen LogP) is 2.69. The Bertz CT molecular complexity index is 400. The lowest BCUT2D eigenvalue weighted by Crippen LogP contribution is -2.21. The highest BCUT2D eigenvalue weighted by molar-refractivity contribution is 14.0. The molecule has 0 bridgehead atoms. The Kier molecular flexibility index (Phi) is 4.35. The summed E-state index contributed by atoms with van der Waals surface area (Å²) in [5.74, 6) is 0.107. The van der Waals surface area contributed by atoms with Crippen LogP contribution in [-0.4, -0.2) is 24.4 Å². The van der Waals surface area contributed by atoms with Crippen molar-refractivity contribution in [2.75, 3.05) is 18.6 Å². The fraction of sp³-hybridized carbons (Fsp3) is 0.250. The molecule has 1 aromatic carbocycles. The van der Waals surface area contributed by atoms with Gasteiger partial charge in [0.1, 0.15) is 0 Å². The monoisotopic (exact) mass is 330 g/mol. The quantitative estimate of drug-likeness (QED) is 0.615. The smallest absolute Gasteiger partial charge is 0.159 e. The minimum atomic E-state index is 0. The zero-order valence-corrected chi connectivity index (χ0v) is 11.7. The third-order valence-corrected chi connectivity index (χ3v) is 2.48. The van der Waals surface area contributed by atoms with Gasteiger partial charge in [-0.05, 0) is 31.2 Å². The summed E-state index contributed by atoms with van der Waals surface area (Å²) in [6.45, 7) is 2.44. The molecule has 1 heterocycles. The first-order valence-electron chi connectivity index (χ1n) is 4.93. The second-order valence-corrected chi connectivity index (χ2v) is 3.77. The number of Topliss-reactive ketones (excluding diaryl/α,β-unsaturated/α-hetero) is 1. The number of ketones is 1. The van der Waals surface area contributed by atoms with E-state index < -0.39 is 0 Å². The fourth-order valence-corrected chi connectivity index (χ4v) is 1.58. The van der Waals surface area contributed by atoms with Gasteiger partial charge in [0.05, 0.1) is 6.67 Å². The van der Waals surface area contributed by atoms with Gasteiger partial charge in [0.15, 0.2) is 5.78 Å². The molecule has 1 aromatic rings. The second-order valence-electron chi connectivity index (χ2n) is 3.77. The van der Waals surface area contributed by atoms with Crippen molar-refractivity contribution in [3.63, 3.8) is 0 Å². The molecule has 0 fully saturated rings. The zero-order valence-electron chi connectivity index (χ0n) is 9.38. The lowest BCUT2D eigenvalue weighted by Gasteiger charge is -2.18. The van der Waals surface area contributed by atoms with Crippen molar-refractivity contribution in [3.05, 3.63) is 42.2 Å². The Morgan fingerprint density at radius 3 is 2.25 bits per heavy atom.